The maximum atomic E-state index is 11.1. The zero-order valence-corrected chi connectivity index (χ0v) is 11.2. The Balaban J connectivity index is 2.32. The van der Waals surface area contributed by atoms with Crippen LogP contribution < -0.4 is 5.32 Å². The van der Waals surface area contributed by atoms with Gasteiger partial charge in [0.1, 0.15) is 9.84 Å². The molecule has 0 aromatic rings. The molecule has 1 aliphatic heterocycles. The molecule has 0 aromatic heterocycles. The smallest absolute Gasteiger partial charge is 0.147 e. The van der Waals surface area contributed by atoms with E-state index in [1.54, 1.807) is 0 Å². The minimum absolute atomic E-state index is 0.313. The van der Waals surface area contributed by atoms with E-state index < -0.39 is 9.84 Å². The lowest BCUT2D eigenvalue weighted by Crippen LogP contribution is -2.38. The van der Waals surface area contributed by atoms with Crippen LogP contribution in [0.3, 0.4) is 0 Å². The molecule has 0 saturated carbocycles. The molecule has 1 N–H and O–H groups in total. The van der Waals surface area contributed by atoms with E-state index in [1.165, 1.54) is 12.7 Å². The monoisotopic (exact) mass is 248 g/mol. The minimum atomic E-state index is -2.80. The van der Waals surface area contributed by atoms with Crippen molar-refractivity contribution in [2.24, 2.45) is 0 Å². The van der Waals surface area contributed by atoms with Gasteiger partial charge in [-0.05, 0) is 38.9 Å². The van der Waals surface area contributed by atoms with Crippen molar-refractivity contribution in [3.63, 3.8) is 0 Å². The average molecular weight is 248 g/mol. The lowest BCUT2D eigenvalue weighted by Gasteiger charge is -2.27. The molecule has 0 aromatic carbocycles. The van der Waals surface area contributed by atoms with Crippen molar-refractivity contribution in [3.05, 3.63) is 0 Å². The molecule has 1 atom stereocenters. The first-order chi connectivity index (χ1) is 7.53. The highest BCUT2D eigenvalue weighted by molar-refractivity contribution is 7.90. The predicted molar refractivity (Wildman–Crippen MR) is 67.5 cm³/mol. The van der Waals surface area contributed by atoms with Gasteiger partial charge < -0.3 is 5.32 Å². The average Bonchev–Trinajstić information content (AvgIpc) is 2.67. The van der Waals surface area contributed by atoms with Gasteiger partial charge in [0.05, 0.1) is 5.75 Å². The Morgan fingerprint density at radius 3 is 2.62 bits per heavy atom. The highest BCUT2D eigenvalue weighted by atomic mass is 32.2. The summed E-state index contributed by atoms with van der Waals surface area (Å²) in [4.78, 5) is 2.44. The predicted octanol–water partition coefficient (Wildman–Crippen LogP) is 0.495. The standard InChI is InChI=1S/C11H24N2O2S/c1-3-7-13(11-5-6-12-10-11)8-4-9-16(2,14)15/h11-12H,3-10H2,1-2H3. The van der Waals surface area contributed by atoms with Gasteiger partial charge in [0.15, 0.2) is 0 Å². The zero-order valence-electron chi connectivity index (χ0n) is 10.4. The van der Waals surface area contributed by atoms with Crippen molar-refractivity contribution in [1.82, 2.24) is 10.2 Å². The van der Waals surface area contributed by atoms with Crippen LogP contribution in [0.1, 0.15) is 26.2 Å². The van der Waals surface area contributed by atoms with Crippen LogP contribution in [0.2, 0.25) is 0 Å². The van der Waals surface area contributed by atoms with E-state index >= 15 is 0 Å². The van der Waals surface area contributed by atoms with Crippen molar-refractivity contribution < 1.29 is 8.42 Å². The Bertz CT molecular complexity index is 284. The van der Waals surface area contributed by atoms with Crippen LogP contribution in [0.5, 0.6) is 0 Å². The Morgan fingerprint density at radius 1 is 1.38 bits per heavy atom. The van der Waals surface area contributed by atoms with Crippen molar-refractivity contribution >= 4 is 9.84 Å². The summed E-state index contributed by atoms with van der Waals surface area (Å²) in [6, 6.07) is 0.611. The third-order valence-corrected chi connectivity index (χ3v) is 4.05. The van der Waals surface area contributed by atoms with E-state index in [1.807, 2.05) is 0 Å². The molecule has 4 nitrogen and oxygen atoms in total. The molecular weight excluding hydrogens is 224 g/mol. The first kappa shape index (κ1) is 13.9. The zero-order chi connectivity index (χ0) is 12.0. The fourth-order valence-corrected chi connectivity index (χ4v) is 2.90. The molecule has 96 valence electrons. The van der Waals surface area contributed by atoms with Gasteiger partial charge in [0.2, 0.25) is 0 Å². The van der Waals surface area contributed by atoms with Crippen molar-refractivity contribution in [2.45, 2.75) is 32.2 Å². The largest absolute Gasteiger partial charge is 0.315 e. The third kappa shape index (κ3) is 5.27. The summed E-state index contributed by atoms with van der Waals surface area (Å²) >= 11 is 0. The quantitative estimate of drug-likeness (QED) is 0.712. The molecule has 1 unspecified atom stereocenters. The van der Waals surface area contributed by atoms with Crippen LogP contribution in [0.15, 0.2) is 0 Å². The summed E-state index contributed by atoms with van der Waals surface area (Å²) < 4.78 is 22.1. The molecule has 0 amide bonds. The third-order valence-electron chi connectivity index (χ3n) is 3.02. The second-order valence-corrected chi connectivity index (χ2v) is 6.93. The second kappa shape index (κ2) is 6.57. The van der Waals surface area contributed by atoms with Gasteiger partial charge in [-0.15, -0.1) is 0 Å². The molecule has 1 saturated heterocycles. The van der Waals surface area contributed by atoms with Gasteiger partial charge in [-0.2, -0.15) is 0 Å². The first-order valence-electron chi connectivity index (χ1n) is 6.15. The summed E-state index contributed by atoms with van der Waals surface area (Å²) in [5, 5.41) is 3.36. The van der Waals surface area contributed by atoms with Crippen LogP contribution in [0.25, 0.3) is 0 Å². The molecule has 0 radical (unpaired) electrons. The summed E-state index contributed by atoms with van der Waals surface area (Å²) in [6.07, 6.45) is 4.40. The van der Waals surface area contributed by atoms with Gasteiger partial charge >= 0.3 is 0 Å². The highest BCUT2D eigenvalue weighted by Crippen LogP contribution is 2.10. The van der Waals surface area contributed by atoms with Crippen molar-refractivity contribution in [2.75, 3.05) is 38.2 Å². The number of nitrogens with zero attached hydrogens (tertiary/aromatic N) is 1. The van der Waals surface area contributed by atoms with Crippen LogP contribution in [0.4, 0.5) is 0 Å². The van der Waals surface area contributed by atoms with E-state index in [0.29, 0.717) is 11.8 Å². The molecule has 1 heterocycles. The van der Waals surface area contributed by atoms with E-state index in [4.69, 9.17) is 0 Å². The van der Waals surface area contributed by atoms with Gasteiger partial charge in [-0.25, -0.2) is 8.42 Å². The molecular formula is C11H24N2O2S. The Kier molecular flexibility index (Phi) is 5.72. The molecule has 0 bridgehead atoms. The van der Waals surface area contributed by atoms with E-state index in [-0.39, 0.29) is 0 Å². The Hall–Kier alpha value is -0.130. The summed E-state index contributed by atoms with van der Waals surface area (Å²) in [7, 11) is -2.80. The number of hydrogen-bond donors (Lipinski definition) is 1. The van der Waals surface area contributed by atoms with Gasteiger partial charge in [-0.1, -0.05) is 6.92 Å². The number of rotatable bonds is 7. The van der Waals surface area contributed by atoms with Gasteiger partial charge in [-0.3, -0.25) is 4.90 Å². The Morgan fingerprint density at radius 2 is 2.12 bits per heavy atom. The Labute approximate surface area is 99.3 Å². The SMILES string of the molecule is CCCN(CCCS(C)(=O)=O)C1CCNC1. The number of hydrogen-bond acceptors (Lipinski definition) is 4. The van der Waals surface area contributed by atoms with E-state index in [9.17, 15) is 8.42 Å². The second-order valence-electron chi connectivity index (χ2n) is 4.67. The fraction of sp³-hybridized carbons (Fsp3) is 1.00. The summed E-state index contributed by atoms with van der Waals surface area (Å²) in [6.45, 7) is 6.31. The normalized spacial score (nSPS) is 21.8. The van der Waals surface area contributed by atoms with Crippen LogP contribution in [0, 0.1) is 0 Å². The highest BCUT2D eigenvalue weighted by Gasteiger charge is 2.21. The molecule has 16 heavy (non-hydrogen) atoms. The minimum Gasteiger partial charge on any atom is -0.315 e. The number of sulfone groups is 1. The maximum absolute atomic E-state index is 11.1. The topological polar surface area (TPSA) is 49.4 Å². The van der Waals surface area contributed by atoms with Gasteiger partial charge in [0, 0.05) is 18.8 Å². The molecule has 5 heteroatoms. The van der Waals surface area contributed by atoms with E-state index in [2.05, 4.69) is 17.1 Å². The van der Waals surface area contributed by atoms with Crippen LogP contribution >= 0.6 is 0 Å². The molecule has 1 rings (SSSR count). The lowest BCUT2D eigenvalue weighted by atomic mass is 10.2. The van der Waals surface area contributed by atoms with Gasteiger partial charge in [0.25, 0.3) is 0 Å². The van der Waals surface area contributed by atoms with Crippen LogP contribution in [-0.4, -0.2) is 57.5 Å². The molecule has 0 spiro atoms. The maximum Gasteiger partial charge on any atom is 0.147 e. The first-order valence-corrected chi connectivity index (χ1v) is 8.21. The lowest BCUT2D eigenvalue weighted by molar-refractivity contribution is 0.209. The number of nitrogens with one attached hydrogen (secondary N) is 1. The van der Waals surface area contributed by atoms with Crippen molar-refractivity contribution in [1.29, 1.82) is 0 Å². The fourth-order valence-electron chi connectivity index (χ4n) is 2.25. The van der Waals surface area contributed by atoms with Crippen LogP contribution in [-0.2, 0) is 9.84 Å². The summed E-state index contributed by atoms with van der Waals surface area (Å²) in [5.41, 5.74) is 0. The summed E-state index contributed by atoms with van der Waals surface area (Å²) in [5.74, 6) is 0.313. The molecule has 1 aliphatic rings. The van der Waals surface area contributed by atoms with E-state index in [0.717, 1.165) is 39.0 Å². The molecule has 0 aliphatic carbocycles. The molecule has 1 fully saturated rings. The van der Waals surface area contributed by atoms with Crippen molar-refractivity contribution in [3.8, 4) is 0 Å².